The van der Waals surface area contributed by atoms with Crippen LogP contribution in [0.5, 0.6) is 0 Å². The minimum atomic E-state index is -0.406. The second-order valence-electron chi connectivity index (χ2n) is 6.05. The van der Waals surface area contributed by atoms with Crippen molar-refractivity contribution in [2.75, 3.05) is 18.6 Å². The molecule has 0 spiro atoms. The van der Waals surface area contributed by atoms with Crippen molar-refractivity contribution < 1.29 is 14.3 Å². The number of fused-ring (bicyclic) bond motifs is 1. The summed E-state index contributed by atoms with van der Waals surface area (Å²) >= 11 is 1.66. The summed E-state index contributed by atoms with van der Waals surface area (Å²) in [6.07, 6.45) is 2.65. The van der Waals surface area contributed by atoms with Crippen molar-refractivity contribution in [1.82, 2.24) is 10.3 Å². The number of nitrogens with one attached hydrogen (secondary N) is 1. The van der Waals surface area contributed by atoms with Crippen molar-refractivity contribution in [1.29, 1.82) is 0 Å². The highest BCUT2D eigenvalue weighted by Gasteiger charge is 2.18. The standard InChI is InChI=1S/C18H23FN2O2S/c1-11(2)17-9-15(14-8-12(19)4-5-16(14)21-17)18(23)20-13(10-22)6-7-24-3/h4-5,8-9,11,13,22H,6-7,10H2,1-3H3,(H,20,23)/t13-/m0/s1. The monoisotopic (exact) mass is 350 g/mol. The Morgan fingerprint density at radius 1 is 1.38 bits per heavy atom. The van der Waals surface area contributed by atoms with Crippen LogP contribution in [0.2, 0.25) is 0 Å². The van der Waals surface area contributed by atoms with E-state index in [0.29, 0.717) is 22.9 Å². The summed E-state index contributed by atoms with van der Waals surface area (Å²) in [5, 5.41) is 12.8. The Balaban J connectivity index is 2.41. The lowest BCUT2D eigenvalue weighted by atomic mass is 10.0. The number of nitrogens with zero attached hydrogens (tertiary/aromatic N) is 1. The number of hydrogen-bond donors (Lipinski definition) is 2. The van der Waals surface area contributed by atoms with Crippen LogP contribution >= 0.6 is 11.8 Å². The molecule has 0 aliphatic rings. The summed E-state index contributed by atoms with van der Waals surface area (Å²) in [6, 6.07) is 5.66. The largest absolute Gasteiger partial charge is 0.394 e. The molecule has 0 bridgehead atoms. The predicted octanol–water partition coefficient (Wildman–Crippen LogP) is 3.34. The van der Waals surface area contributed by atoms with Gasteiger partial charge in [-0.3, -0.25) is 9.78 Å². The highest BCUT2D eigenvalue weighted by Crippen LogP contribution is 2.23. The number of pyridine rings is 1. The lowest BCUT2D eigenvalue weighted by Crippen LogP contribution is -2.38. The molecule has 0 aliphatic carbocycles. The molecule has 0 saturated heterocycles. The molecule has 1 amide bonds. The first kappa shape index (κ1) is 18.7. The average Bonchev–Trinajstić information content (AvgIpc) is 2.57. The zero-order valence-corrected chi connectivity index (χ0v) is 15.0. The molecule has 1 atom stereocenters. The van der Waals surface area contributed by atoms with E-state index in [1.54, 1.807) is 23.9 Å². The number of benzene rings is 1. The van der Waals surface area contributed by atoms with Gasteiger partial charge in [-0.1, -0.05) is 13.8 Å². The summed E-state index contributed by atoms with van der Waals surface area (Å²) in [5.41, 5.74) is 1.77. The number of carbonyl (C=O) groups excluding carboxylic acids is 1. The van der Waals surface area contributed by atoms with E-state index in [2.05, 4.69) is 10.3 Å². The molecule has 0 fully saturated rings. The van der Waals surface area contributed by atoms with E-state index in [4.69, 9.17) is 0 Å². The van der Waals surface area contributed by atoms with E-state index in [1.165, 1.54) is 12.1 Å². The smallest absolute Gasteiger partial charge is 0.252 e. The molecule has 1 aromatic carbocycles. The van der Waals surface area contributed by atoms with Gasteiger partial charge in [0, 0.05) is 11.1 Å². The van der Waals surface area contributed by atoms with Gasteiger partial charge in [0.15, 0.2) is 0 Å². The predicted molar refractivity (Wildman–Crippen MR) is 97.1 cm³/mol. The van der Waals surface area contributed by atoms with E-state index in [-0.39, 0.29) is 24.5 Å². The number of aliphatic hydroxyl groups excluding tert-OH is 1. The van der Waals surface area contributed by atoms with E-state index >= 15 is 0 Å². The van der Waals surface area contributed by atoms with Crippen molar-refractivity contribution in [3.63, 3.8) is 0 Å². The molecule has 2 N–H and O–H groups in total. The Hall–Kier alpha value is -1.66. The van der Waals surface area contributed by atoms with Gasteiger partial charge in [0.25, 0.3) is 5.91 Å². The Kier molecular flexibility index (Phi) is 6.57. The number of hydrogen-bond acceptors (Lipinski definition) is 4. The molecule has 0 aliphatic heterocycles. The van der Waals surface area contributed by atoms with Crippen LogP contribution in [0.4, 0.5) is 4.39 Å². The zero-order valence-electron chi connectivity index (χ0n) is 14.2. The summed E-state index contributed by atoms with van der Waals surface area (Å²) in [7, 11) is 0. The number of aromatic nitrogens is 1. The Bertz CT molecular complexity index is 721. The number of halogens is 1. The van der Waals surface area contributed by atoms with Gasteiger partial charge in [0.1, 0.15) is 5.82 Å². The van der Waals surface area contributed by atoms with Gasteiger partial charge in [-0.05, 0) is 48.6 Å². The maximum absolute atomic E-state index is 13.6. The molecule has 24 heavy (non-hydrogen) atoms. The minimum absolute atomic E-state index is 0.124. The maximum Gasteiger partial charge on any atom is 0.252 e. The van der Waals surface area contributed by atoms with Crippen molar-refractivity contribution in [2.45, 2.75) is 32.2 Å². The first-order chi connectivity index (χ1) is 11.5. The van der Waals surface area contributed by atoms with Crippen LogP contribution in [0.3, 0.4) is 0 Å². The third-order valence-corrected chi connectivity index (χ3v) is 4.50. The Morgan fingerprint density at radius 2 is 2.12 bits per heavy atom. The second kappa shape index (κ2) is 8.44. The highest BCUT2D eigenvalue weighted by molar-refractivity contribution is 7.98. The topological polar surface area (TPSA) is 62.2 Å². The summed E-state index contributed by atoms with van der Waals surface area (Å²) < 4.78 is 13.6. The molecule has 6 heteroatoms. The average molecular weight is 350 g/mol. The van der Waals surface area contributed by atoms with Crippen LogP contribution in [0, 0.1) is 5.82 Å². The zero-order chi connectivity index (χ0) is 17.7. The van der Waals surface area contributed by atoms with Crippen LogP contribution in [0.25, 0.3) is 10.9 Å². The summed E-state index contributed by atoms with van der Waals surface area (Å²) in [5.74, 6) is 0.275. The quantitative estimate of drug-likeness (QED) is 0.804. The fraction of sp³-hybridized carbons (Fsp3) is 0.444. The first-order valence-electron chi connectivity index (χ1n) is 7.97. The van der Waals surface area contributed by atoms with E-state index < -0.39 is 5.82 Å². The molecule has 1 heterocycles. The third kappa shape index (κ3) is 4.45. The van der Waals surface area contributed by atoms with Crippen LogP contribution < -0.4 is 5.32 Å². The van der Waals surface area contributed by atoms with Gasteiger partial charge in [0.05, 0.1) is 23.7 Å². The van der Waals surface area contributed by atoms with E-state index in [0.717, 1.165) is 11.4 Å². The van der Waals surface area contributed by atoms with E-state index in [1.807, 2.05) is 20.1 Å². The van der Waals surface area contributed by atoms with Crippen LogP contribution in [0.1, 0.15) is 42.2 Å². The van der Waals surface area contributed by atoms with E-state index in [9.17, 15) is 14.3 Å². The van der Waals surface area contributed by atoms with Crippen molar-refractivity contribution in [3.8, 4) is 0 Å². The normalized spacial score (nSPS) is 12.6. The van der Waals surface area contributed by atoms with Gasteiger partial charge in [0.2, 0.25) is 0 Å². The minimum Gasteiger partial charge on any atom is -0.394 e. The fourth-order valence-corrected chi connectivity index (χ4v) is 2.95. The molecule has 0 saturated carbocycles. The van der Waals surface area contributed by atoms with Crippen LogP contribution in [-0.4, -0.2) is 40.7 Å². The van der Waals surface area contributed by atoms with Crippen molar-refractivity contribution in [3.05, 3.63) is 41.3 Å². The maximum atomic E-state index is 13.6. The molecule has 130 valence electrons. The number of rotatable bonds is 7. The highest BCUT2D eigenvalue weighted by atomic mass is 32.2. The molecule has 0 unspecified atom stereocenters. The molecular weight excluding hydrogens is 327 g/mol. The second-order valence-corrected chi connectivity index (χ2v) is 7.03. The number of carbonyl (C=O) groups is 1. The van der Waals surface area contributed by atoms with Gasteiger partial charge < -0.3 is 10.4 Å². The SMILES string of the molecule is CSCC[C@@H](CO)NC(=O)c1cc(C(C)C)nc2ccc(F)cc12. The lowest BCUT2D eigenvalue weighted by Gasteiger charge is -2.17. The van der Waals surface area contributed by atoms with Crippen molar-refractivity contribution >= 4 is 28.6 Å². The summed E-state index contributed by atoms with van der Waals surface area (Å²) in [4.78, 5) is 17.2. The van der Waals surface area contributed by atoms with Gasteiger partial charge in [-0.25, -0.2) is 4.39 Å². The van der Waals surface area contributed by atoms with Gasteiger partial charge in [-0.2, -0.15) is 11.8 Å². The van der Waals surface area contributed by atoms with Crippen molar-refractivity contribution in [2.24, 2.45) is 0 Å². The van der Waals surface area contributed by atoms with Crippen LogP contribution in [-0.2, 0) is 0 Å². The number of thioether (sulfide) groups is 1. The summed E-state index contributed by atoms with van der Waals surface area (Å²) in [6.45, 7) is 3.86. The number of aliphatic hydroxyl groups is 1. The molecule has 1 aromatic heterocycles. The van der Waals surface area contributed by atoms with Crippen LogP contribution in [0.15, 0.2) is 24.3 Å². The van der Waals surface area contributed by atoms with Gasteiger partial charge in [-0.15, -0.1) is 0 Å². The molecule has 0 radical (unpaired) electrons. The fourth-order valence-electron chi connectivity index (χ4n) is 2.43. The molecular formula is C18H23FN2O2S. The Morgan fingerprint density at radius 3 is 2.75 bits per heavy atom. The molecule has 2 rings (SSSR count). The molecule has 2 aromatic rings. The van der Waals surface area contributed by atoms with Gasteiger partial charge >= 0.3 is 0 Å². The Labute approximate surface area is 145 Å². The third-order valence-electron chi connectivity index (χ3n) is 3.85. The lowest BCUT2D eigenvalue weighted by molar-refractivity contribution is 0.0917. The number of amides is 1. The molecule has 4 nitrogen and oxygen atoms in total. The first-order valence-corrected chi connectivity index (χ1v) is 9.36.